The molecule has 1 N–H and O–H groups in total. The normalized spacial score (nSPS) is 17.2. The maximum absolute atomic E-state index is 12.6. The first-order chi connectivity index (χ1) is 9.13. The second kappa shape index (κ2) is 6.06. The van der Waals surface area contributed by atoms with Gasteiger partial charge in [0.2, 0.25) is 5.91 Å². The zero-order chi connectivity index (χ0) is 13.8. The lowest BCUT2D eigenvalue weighted by atomic mass is 10.1. The Morgan fingerprint density at radius 3 is 2.84 bits per heavy atom. The summed E-state index contributed by atoms with van der Waals surface area (Å²) in [5.74, 6) is 0.156. The Balaban J connectivity index is 2.04. The predicted octanol–water partition coefficient (Wildman–Crippen LogP) is 1.91. The van der Waals surface area contributed by atoms with Crippen LogP contribution in [0.5, 0.6) is 0 Å². The Bertz CT molecular complexity index is 421. The first-order valence-corrected chi connectivity index (χ1v) is 6.77. The largest absolute Gasteiger partial charge is 0.383 e. The number of carbonyl (C=O) groups is 1. The second-order valence-corrected chi connectivity index (χ2v) is 5.18. The molecule has 19 heavy (non-hydrogen) atoms. The molecule has 1 amide bonds. The number of fused-ring (bicyclic) bond motifs is 1. The summed E-state index contributed by atoms with van der Waals surface area (Å²) in [6.45, 7) is 5.29. The standard InChI is InChI=1S/C15H22N2O2/c1-11(2)17(8-9-19-3)15(18)14-10-12-6-4-5-7-13(12)16-14/h4-7,11,14,16H,8-10H2,1-3H3. The fourth-order valence-electron chi connectivity index (χ4n) is 2.46. The number of hydrogen-bond acceptors (Lipinski definition) is 3. The molecule has 2 rings (SSSR count). The number of carbonyl (C=O) groups excluding carboxylic acids is 1. The molecule has 1 aliphatic rings. The van der Waals surface area contributed by atoms with Crippen molar-refractivity contribution >= 4 is 11.6 Å². The fraction of sp³-hybridized carbons (Fsp3) is 0.533. The zero-order valence-corrected chi connectivity index (χ0v) is 11.8. The van der Waals surface area contributed by atoms with Crippen molar-refractivity contribution in [2.45, 2.75) is 32.4 Å². The molecule has 1 unspecified atom stereocenters. The average molecular weight is 262 g/mol. The van der Waals surface area contributed by atoms with Crippen molar-refractivity contribution in [3.05, 3.63) is 29.8 Å². The summed E-state index contributed by atoms with van der Waals surface area (Å²) in [5, 5.41) is 3.31. The molecule has 0 spiro atoms. The highest BCUT2D eigenvalue weighted by atomic mass is 16.5. The summed E-state index contributed by atoms with van der Waals surface area (Å²) >= 11 is 0. The third-order valence-electron chi connectivity index (χ3n) is 3.51. The maximum atomic E-state index is 12.6. The summed E-state index contributed by atoms with van der Waals surface area (Å²) in [7, 11) is 1.66. The zero-order valence-electron chi connectivity index (χ0n) is 11.8. The smallest absolute Gasteiger partial charge is 0.245 e. The van der Waals surface area contributed by atoms with E-state index in [0.29, 0.717) is 13.2 Å². The van der Waals surface area contributed by atoms with Crippen LogP contribution < -0.4 is 5.32 Å². The minimum atomic E-state index is -0.142. The molecule has 0 fully saturated rings. The van der Waals surface area contributed by atoms with Gasteiger partial charge in [-0.2, -0.15) is 0 Å². The highest BCUT2D eigenvalue weighted by Gasteiger charge is 2.30. The number of benzene rings is 1. The van der Waals surface area contributed by atoms with E-state index < -0.39 is 0 Å². The molecule has 1 aromatic carbocycles. The molecule has 4 heteroatoms. The Labute approximate surface area is 114 Å². The van der Waals surface area contributed by atoms with Gasteiger partial charge in [-0.25, -0.2) is 0 Å². The van der Waals surface area contributed by atoms with Crippen LogP contribution >= 0.6 is 0 Å². The van der Waals surface area contributed by atoms with Gasteiger partial charge < -0.3 is 15.0 Å². The molecule has 104 valence electrons. The van der Waals surface area contributed by atoms with Crippen molar-refractivity contribution < 1.29 is 9.53 Å². The summed E-state index contributed by atoms with van der Waals surface area (Å²) in [6.07, 6.45) is 0.769. The van der Waals surface area contributed by atoms with E-state index in [1.807, 2.05) is 36.9 Å². The monoisotopic (exact) mass is 262 g/mol. The van der Waals surface area contributed by atoms with Gasteiger partial charge in [0.15, 0.2) is 0 Å². The van der Waals surface area contributed by atoms with Crippen LogP contribution in [-0.2, 0) is 16.0 Å². The van der Waals surface area contributed by atoms with Crippen molar-refractivity contribution in [3.8, 4) is 0 Å². The highest BCUT2D eigenvalue weighted by Crippen LogP contribution is 2.26. The van der Waals surface area contributed by atoms with E-state index >= 15 is 0 Å². The summed E-state index contributed by atoms with van der Waals surface area (Å²) < 4.78 is 5.08. The number of hydrogen-bond donors (Lipinski definition) is 1. The van der Waals surface area contributed by atoms with Crippen molar-refractivity contribution in [3.63, 3.8) is 0 Å². The lowest BCUT2D eigenvalue weighted by Gasteiger charge is -2.29. The minimum absolute atomic E-state index is 0.142. The molecule has 0 radical (unpaired) electrons. The SMILES string of the molecule is COCCN(C(=O)C1Cc2ccccc2N1)C(C)C. The number of nitrogens with one attached hydrogen (secondary N) is 1. The third-order valence-corrected chi connectivity index (χ3v) is 3.51. The van der Waals surface area contributed by atoms with Gasteiger partial charge in [-0.05, 0) is 25.5 Å². The van der Waals surface area contributed by atoms with Gasteiger partial charge in [-0.3, -0.25) is 4.79 Å². The predicted molar refractivity (Wildman–Crippen MR) is 76.3 cm³/mol. The van der Waals surface area contributed by atoms with Crippen LogP contribution in [0.2, 0.25) is 0 Å². The molecule has 1 atom stereocenters. The second-order valence-electron chi connectivity index (χ2n) is 5.18. The van der Waals surface area contributed by atoms with Crippen LogP contribution in [0.15, 0.2) is 24.3 Å². The summed E-state index contributed by atoms with van der Waals surface area (Å²) in [5.41, 5.74) is 2.30. The van der Waals surface area contributed by atoms with Gasteiger partial charge in [-0.15, -0.1) is 0 Å². The number of rotatable bonds is 5. The molecule has 1 aromatic rings. The lowest BCUT2D eigenvalue weighted by Crippen LogP contribution is -2.47. The van der Waals surface area contributed by atoms with Gasteiger partial charge in [0.25, 0.3) is 0 Å². The van der Waals surface area contributed by atoms with E-state index in [1.54, 1.807) is 7.11 Å². The van der Waals surface area contributed by atoms with E-state index in [-0.39, 0.29) is 18.0 Å². The molecule has 1 aliphatic heterocycles. The number of methoxy groups -OCH3 is 1. The first kappa shape index (κ1) is 13.9. The lowest BCUT2D eigenvalue weighted by molar-refractivity contribution is -0.134. The molecule has 0 aliphatic carbocycles. The number of amides is 1. The van der Waals surface area contributed by atoms with E-state index in [2.05, 4.69) is 11.4 Å². The molecule has 1 heterocycles. The van der Waals surface area contributed by atoms with E-state index in [0.717, 1.165) is 12.1 Å². The van der Waals surface area contributed by atoms with E-state index in [4.69, 9.17) is 4.74 Å². The van der Waals surface area contributed by atoms with Gasteiger partial charge in [0.05, 0.1) is 6.61 Å². The van der Waals surface area contributed by atoms with Crippen LogP contribution in [-0.4, -0.2) is 43.2 Å². The van der Waals surface area contributed by atoms with Crippen LogP contribution in [0, 0.1) is 0 Å². The highest BCUT2D eigenvalue weighted by molar-refractivity contribution is 5.87. The summed E-state index contributed by atoms with van der Waals surface area (Å²) in [6, 6.07) is 8.15. The molecule has 0 aromatic heterocycles. The Morgan fingerprint density at radius 1 is 1.47 bits per heavy atom. The maximum Gasteiger partial charge on any atom is 0.245 e. The third kappa shape index (κ3) is 3.07. The molecular formula is C15H22N2O2. The Kier molecular flexibility index (Phi) is 4.43. The van der Waals surface area contributed by atoms with Crippen LogP contribution in [0.4, 0.5) is 5.69 Å². The molecule has 0 saturated carbocycles. The van der Waals surface area contributed by atoms with Gasteiger partial charge >= 0.3 is 0 Å². The van der Waals surface area contributed by atoms with E-state index in [9.17, 15) is 4.79 Å². The first-order valence-electron chi connectivity index (χ1n) is 6.77. The summed E-state index contributed by atoms with van der Waals surface area (Å²) in [4.78, 5) is 14.5. The van der Waals surface area contributed by atoms with Gasteiger partial charge in [0, 0.05) is 31.8 Å². The number of nitrogens with zero attached hydrogens (tertiary/aromatic N) is 1. The number of ether oxygens (including phenoxy) is 1. The van der Waals surface area contributed by atoms with E-state index in [1.165, 1.54) is 5.56 Å². The van der Waals surface area contributed by atoms with Crippen LogP contribution in [0.1, 0.15) is 19.4 Å². The molecule has 0 bridgehead atoms. The molecule has 4 nitrogen and oxygen atoms in total. The van der Waals surface area contributed by atoms with Crippen molar-refractivity contribution in [2.75, 3.05) is 25.6 Å². The minimum Gasteiger partial charge on any atom is -0.383 e. The quantitative estimate of drug-likeness (QED) is 0.881. The topological polar surface area (TPSA) is 41.6 Å². The van der Waals surface area contributed by atoms with Gasteiger partial charge in [-0.1, -0.05) is 18.2 Å². The van der Waals surface area contributed by atoms with Crippen molar-refractivity contribution in [2.24, 2.45) is 0 Å². The Hall–Kier alpha value is -1.55. The fourth-order valence-corrected chi connectivity index (χ4v) is 2.46. The van der Waals surface area contributed by atoms with Gasteiger partial charge in [0.1, 0.15) is 6.04 Å². The Morgan fingerprint density at radius 2 is 2.21 bits per heavy atom. The van der Waals surface area contributed by atoms with Crippen molar-refractivity contribution in [1.82, 2.24) is 4.90 Å². The number of anilines is 1. The molecular weight excluding hydrogens is 240 g/mol. The van der Waals surface area contributed by atoms with Crippen LogP contribution in [0.3, 0.4) is 0 Å². The average Bonchev–Trinajstić information content (AvgIpc) is 2.82. The van der Waals surface area contributed by atoms with Crippen LogP contribution in [0.25, 0.3) is 0 Å². The molecule has 0 saturated heterocycles. The van der Waals surface area contributed by atoms with Crippen molar-refractivity contribution in [1.29, 1.82) is 0 Å². The number of para-hydroxylation sites is 1.